The van der Waals surface area contributed by atoms with E-state index in [9.17, 15) is 0 Å². The summed E-state index contributed by atoms with van der Waals surface area (Å²) >= 11 is 9.43. The molecule has 4 nitrogen and oxygen atoms in total. The first-order chi connectivity index (χ1) is 11.5. The molecule has 0 saturated heterocycles. The molecule has 6 heteroatoms. The molecule has 3 aromatic rings. The average molecular weight is 404 g/mol. The van der Waals surface area contributed by atoms with Crippen molar-refractivity contribution in [1.29, 1.82) is 0 Å². The highest BCUT2D eigenvalue weighted by Gasteiger charge is 2.10. The molecule has 0 atom stereocenters. The average Bonchev–Trinajstić information content (AvgIpc) is 2.98. The van der Waals surface area contributed by atoms with Crippen molar-refractivity contribution >= 4 is 39.7 Å². The van der Waals surface area contributed by atoms with Gasteiger partial charge in [-0.15, -0.1) is 0 Å². The van der Waals surface area contributed by atoms with Crippen LogP contribution in [0.5, 0.6) is 0 Å². The molecule has 122 valence electrons. The zero-order chi connectivity index (χ0) is 17.1. The van der Waals surface area contributed by atoms with E-state index in [1.807, 2.05) is 78.3 Å². The minimum absolute atomic E-state index is 0.706. The van der Waals surface area contributed by atoms with E-state index in [4.69, 9.17) is 16.7 Å². The third-order valence-electron chi connectivity index (χ3n) is 3.32. The number of rotatable bonds is 4. The molecular formula is C18H16BrClN4. The van der Waals surface area contributed by atoms with Crippen LogP contribution in [0.1, 0.15) is 0 Å². The maximum atomic E-state index is 5.97. The van der Waals surface area contributed by atoms with Crippen molar-refractivity contribution in [3.8, 4) is 16.9 Å². The van der Waals surface area contributed by atoms with Crippen LogP contribution in [0.25, 0.3) is 16.9 Å². The molecule has 0 aliphatic carbocycles. The van der Waals surface area contributed by atoms with E-state index in [1.54, 1.807) is 6.34 Å². The van der Waals surface area contributed by atoms with Crippen molar-refractivity contribution in [2.75, 3.05) is 14.1 Å². The summed E-state index contributed by atoms with van der Waals surface area (Å²) in [6.07, 6.45) is 1.76. The zero-order valence-electron chi connectivity index (χ0n) is 13.3. The maximum Gasteiger partial charge on any atom is 0.157 e. The normalized spacial score (nSPS) is 11.2. The highest BCUT2D eigenvalue weighted by atomic mass is 79.9. The molecule has 0 aliphatic heterocycles. The van der Waals surface area contributed by atoms with E-state index in [0.29, 0.717) is 5.02 Å². The van der Waals surface area contributed by atoms with Crippen LogP contribution >= 0.6 is 27.5 Å². The van der Waals surface area contributed by atoms with Crippen LogP contribution in [-0.2, 0) is 0 Å². The van der Waals surface area contributed by atoms with Crippen LogP contribution in [-0.4, -0.2) is 35.1 Å². The second-order valence-corrected chi connectivity index (χ2v) is 6.84. The molecule has 3 rings (SSSR count). The number of hydrogen-bond acceptors (Lipinski definition) is 2. The van der Waals surface area contributed by atoms with Gasteiger partial charge < -0.3 is 4.90 Å². The molecular weight excluding hydrogens is 388 g/mol. The van der Waals surface area contributed by atoms with E-state index < -0.39 is 0 Å². The molecule has 0 bridgehead atoms. The van der Waals surface area contributed by atoms with Crippen molar-refractivity contribution in [1.82, 2.24) is 14.7 Å². The van der Waals surface area contributed by atoms with E-state index in [0.717, 1.165) is 27.2 Å². The van der Waals surface area contributed by atoms with E-state index in [1.165, 1.54) is 0 Å². The quantitative estimate of drug-likeness (QED) is 0.444. The number of nitrogens with zero attached hydrogens (tertiary/aromatic N) is 4. The predicted molar refractivity (Wildman–Crippen MR) is 104 cm³/mol. The molecule has 1 heterocycles. The molecule has 0 radical (unpaired) electrons. The zero-order valence-corrected chi connectivity index (χ0v) is 15.7. The summed E-state index contributed by atoms with van der Waals surface area (Å²) in [6.45, 7) is 0. The molecule has 0 saturated carbocycles. The molecule has 2 aromatic carbocycles. The van der Waals surface area contributed by atoms with Gasteiger partial charge in [-0.3, -0.25) is 0 Å². The van der Waals surface area contributed by atoms with Crippen LogP contribution in [0.15, 0.2) is 64.1 Å². The van der Waals surface area contributed by atoms with Crippen molar-refractivity contribution in [3.63, 3.8) is 0 Å². The number of halogens is 2. The highest BCUT2D eigenvalue weighted by molar-refractivity contribution is 9.10. The largest absolute Gasteiger partial charge is 0.369 e. The Labute approximate surface area is 154 Å². The lowest BCUT2D eigenvalue weighted by Crippen LogP contribution is -2.07. The number of aromatic nitrogens is 2. The first-order valence-corrected chi connectivity index (χ1v) is 8.52. The lowest BCUT2D eigenvalue weighted by atomic mass is 10.1. The summed E-state index contributed by atoms with van der Waals surface area (Å²) in [6, 6.07) is 17.6. The summed E-state index contributed by atoms with van der Waals surface area (Å²) in [5.74, 6) is 0.760. The minimum atomic E-state index is 0.706. The Bertz CT molecular complexity index is 852. The van der Waals surface area contributed by atoms with Gasteiger partial charge in [0, 0.05) is 35.2 Å². The van der Waals surface area contributed by atoms with Gasteiger partial charge in [-0.05, 0) is 36.4 Å². The van der Waals surface area contributed by atoms with Gasteiger partial charge in [0.25, 0.3) is 0 Å². The predicted octanol–water partition coefficient (Wildman–Crippen LogP) is 5.18. The fourth-order valence-electron chi connectivity index (χ4n) is 2.17. The molecule has 1 aromatic heterocycles. The fourth-order valence-corrected chi connectivity index (χ4v) is 2.56. The van der Waals surface area contributed by atoms with E-state index in [-0.39, 0.29) is 0 Å². The topological polar surface area (TPSA) is 33.4 Å². The van der Waals surface area contributed by atoms with Gasteiger partial charge in [-0.25, -0.2) is 9.67 Å². The van der Waals surface area contributed by atoms with Gasteiger partial charge >= 0.3 is 0 Å². The van der Waals surface area contributed by atoms with Crippen LogP contribution in [0.2, 0.25) is 5.02 Å². The van der Waals surface area contributed by atoms with Crippen molar-refractivity contribution < 1.29 is 0 Å². The molecule has 0 amide bonds. The van der Waals surface area contributed by atoms with Gasteiger partial charge in [0.2, 0.25) is 0 Å². The third-order valence-corrected chi connectivity index (χ3v) is 4.10. The summed E-state index contributed by atoms with van der Waals surface area (Å²) in [5, 5.41) is 5.42. The molecule has 0 spiro atoms. The second kappa shape index (κ2) is 7.20. The Balaban J connectivity index is 2.08. The SMILES string of the molecule is CN(C)/C=N/c1cc(-c2ccc(Cl)cc2)nn1-c1ccc(Br)cc1. The molecule has 0 aliphatic rings. The lowest BCUT2D eigenvalue weighted by Gasteiger charge is -2.06. The van der Waals surface area contributed by atoms with Crippen molar-refractivity contribution in [2.24, 2.45) is 4.99 Å². The summed E-state index contributed by atoms with van der Waals surface area (Å²) in [5.41, 5.74) is 2.79. The standard InChI is InChI=1S/C18H16BrClN4/c1-23(2)12-21-18-11-17(13-3-7-15(20)8-4-13)22-24(18)16-9-5-14(19)6-10-16/h3-12H,1-2H3/b21-12+. The Kier molecular flexibility index (Phi) is 5.02. The highest BCUT2D eigenvalue weighted by Crippen LogP contribution is 2.28. The number of hydrogen-bond donors (Lipinski definition) is 0. The van der Waals surface area contributed by atoms with Crippen molar-refractivity contribution in [3.05, 3.63) is 64.1 Å². The Morgan fingerprint density at radius 2 is 1.75 bits per heavy atom. The van der Waals surface area contributed by atoms with Gasteiger partial charge in [-0.2, -0.15) is 5.10 Å². The number of aliphatic imine (C=N–C) groups is 1. The molecule has 0 unspecified atom stereocenters. The van der Waals surface area contributed by atoms with Crippen LogP contribution in [0.3, 0.4) is 0 Å². The monoisotopic (exact) mass is 402 g/mol. The lowest BCUT2D eigenvalue weighted by molar-refractivity contribution is 0.642. The maximum absolute atomic E-state index is 5.97. The third kappa shape index (κ3) is 3.86. The molecule has 24 heavy (non-hydrogen) atoms. The second-order valence-electron chi connectivity index (χ2n) is 5.49. The first-order valence-electron chi connectivity index (χ1n) is 7.35. The summed E-state index contributed by atoms with van der Waals surface area (Å²) < 4.78 is 2.85. The van der Waals surface area contributed by atoms with Crippen molar-refractivity contribution in [2.45, 2.75) is 0 Å². The van der Waals surface area contributed by atoms with E-state index >= 15 is 0 Å². The smallest absolute Gasteiger partial charge is 0.157 e. The fraction of sp³-hybridized carbons (Fsp3) is 0.111. The summed E-state index contributed by atoms with van der Waals surface area (Å²) in [4.78, 5) is 6.42. The van der Waals surface area contributed by atoms with Gasteiger partial charge in [0.05, 0.1) is 17.7 Å². The Hall–Kier alpha value is -2.11. The molecule has 0 N–H and O–H groups in total. The van der Waals surface area contributed by atoms with Gasteiger partial charge in [-0.1, -0.05) is 39.7 Å². The summed E-state index contributed by atoms with van der Waals surface area (Å²) in [7, 11) is 3.87. The van der Waals surface area contributed by atoms with Crippen LogP contribution < -0.4 is 0 Å². The Morgan fingerprint density at radius 3 is 2.38 bits per heavy atom. The first kappa shape index (κ1) is 16.7. The Morgan fingerprint density at radius 1 is 1.08 bits per heavy atom. The van der Waals surface area contributed by atoms with E-state index in [2.05, 4.69) is 20.9 Å². The van der Waals surface area contributed by atoms with Crippen LogP contribution in [0.4, 0.5) is 5.82 Å². The molecule has 0 fully saturated rings. The van der Waals surface area contributed by atoms with Crippen LogP contribution in [0, 0.1) is 0 Å². The number of benzene rings is 2. The minimum Gasteiger partial charge on any atom is -0.369 e. The van der Waals surface area contributed by atoms with Gasteiger partial charge in [0.1, 0.15) is 0 Å². The van der Waals surface area contributed by atoms with Gasteiger partial charge in [0.15, 0.2) is 5.82 Å².